The first-order valence-electron chi connectivity index (χ1n) is 8.50. The van der Waals surface area contributed by atoms with Crippen LogP contribution in [0.25, 0.3) is 10.2 Å². The van der Waals surface area contributed by atoms with E-state index < -0.39 is 0 Å². The maximum absolute atomic E-state index is 12.6. The Labute approximate surface area is 154 Å². The lowest BCUT2D eigenvalue weighted by Gasteiger charge is -2.05. The monoisotopic (exact) mass is 375 g/mol. The van der Waals surface area contributed by atoms with Crippen LogP contribution in [0.1, 0.15) is 52.2 Å². The Kier molecular flexibility index (Phi) is 5.34. The summed E-state index contributed by atoms with van der Waals surface area (Å²) in [5.74, 6) is -0.267. The Balaban J connectivity index is 1.89. The third-order valence-electron chi connectivity index (χ3n) is 4.05. The molecular weight excluding hydrogens is 354 g/mol. The first-order valence-corrected chi connectivity index (χ1v) is 10.1. The second kappa shape index (κ2) is 7.49. The molecule has 0 saturated carbocycles. The summed E-state index contributed by atoms with van der Waals surface area (Å²) in [6.07, 6.45) is 5.18. The van der Waals surface area contributed by atoms with E-state index in [0.29, 0.717) is 15.1 Å². The fourth-order valence-corrected chi connectivity index (χ4v) is 4.88. The van der Waals surface area contributed by atoms with Gasteiger partial charge in [-0.3, -0.25) is 15.0 Å². The van der Waals surface area contributed by atoms with E-state index in [1.54, 1.807) is 0 Å². The predicted molar refractivity (Wildman–Crippen MR) is 105 cm³/mol. The van der Waals surface area contributed by atoms with Crippen LogP contribution in [0.15, 0.2) is 23.3 Å². The summed E-state index contributed by atoms with van der Waals surface area (Å²) in [4.78, 5) is 33.1. The van der Waals surface area contributed by atoms with Crippen LogP contribution >= 0.6 is 22.7 Å². The molecule has 0 bridgehead atoms. The molecule has 0 aliphatic rings. The second-order valence-electron chi connectivity index (χ2n) is 5.81. The smallest absolute Gasteiger partial charge is 0.267 e. The number of carbonyl (C=O) groups excluding carboxylic acids is 1. The van der Waals surface area contributed by atoms with Crippen LogP contribution in [-0.2, 0) is 19.3 Å². The minimum atomic E-state index is -0.267. The van der Waals surface area contributed by atoms with Crippen LogP contribution in [0, 0.1) is 0 Å². The van der Waals surface area contributed by atoms with Gasteiger partial charge in [-0.05, 0) is 37.0 Å². The molecule has 25 heavy (non-hydrogen) atoms. The van der Waals surface area contributed by atoms with Crippen LogP contribution in [0.4, 0.5) is 0 Å². The number of rotatable bonds is 6. The number of aromatic nitrogens is 2. The van der Waals surface area contributed by atoms with Crippen molar-refractivity contribution in [3.05, 3.63) is 49.0 Å². The van der Waals surface area contributed by atoms with Gasteiger partial charge in [0.2, 0.25) is 0 Å². The first-order chi connectivity index (χ1) is 12.1. The maximum Gasteiger partial charge on any atom is 0.280 e. The van der Waals surface area contributed by atoms with Gasteiger partial charge < -0.3 is 0 Å². The summed E-state index contributed by atoms with van der Waals surface area (Å²) < 4.78 is 1.18. The number of nitrogens with zero attached hydrogens (tertiary/aromatic N) is 2. The lowest BCUT2D eigenvalue weighted by Crippen LogP contribution is -2.32. The topological polar surface area (TPSA) is 64.0 Å². The molecule has 0 aromatic carbocycles. The van der Waals surface area contributed by atoms with Crippen LogP contribution in [0.5, 0.6) is 0 Å². The van der Waals surface area contributed by atoms with Crippen LogP contribution in [0.2, 0.25) is 0 Å². The summed E-state index contributed by atoms with van der Waals surface area (Å²) in [6.45, 7) is 6.26. The zero-order valence-electron chi connectivity index (χ0n) is 14.6. The van der Waals surface area contributed by atoms with Crippen LogP contribution < -0.4 is 11.0 Å². The van der Waals surface area contributed by atoms with E-state index in [9.17, 15) is 9.59 Å². The van der Waals surface area contributed by atoms with Gasteiger partial charge in [-0.2, -0.15) is 0 Å². The third kappa shape index (κ3) is 3.52. The number of hydrogen-bond donors (Lipinski definition) is 1. The van der Waals surface area contributed by atoms with Crippen molar-refractivity contribution < 1.29 is 4.79 Å². The Bertz CT molecular complexity index is 969. The van der Waals surface area contributed by atoms with Gasteiger partial charge in [-0.15, -0.1) is 22.7 Å². The Morgan fingerprint density at radius 1 is 1.20 bits per heavy atom. The lowest BCUT2D eigenvalue weighted by atomic mass is 10.1. The number of fused-ring (bicyclic) bond motifs is 1. The van der Waals surface area contributed by atoms with Crippen molar-refractivity contribution in [1.29, 1.82) is 0 Å². The molecule has 3 aromatic rings. The average Bonchev–Trinajstić information content (AvgIpc) is 3.21. The standard InChI is InChI=1S/C18H21N3O2S2/c1-4-7-14-11(5-2)8-15(25-14)16(22)20-21-10-19-17-13(18(21)23)9-12(6-3)24-17/h8-10H,4-7H2,1-3H3,(H,20,22). The molecule has 0 aliphatic heterocycles. The highest BCUT2D eigenvalue weighted by molar-refractivity contribution is 7.18. The summed E-state index contributed by atoms with van der Waals surface area (Å²) in [6, 6.07) is 3.79. The van der Waals surface area contributed by atoms with Gasteiger partial charge >= 0.3 is 0 Å². The highest BCUT2D eigenvalue weighted by Crippen LogP contribution is 2.25. The van der Waals surface area contributed by atoms with Crippen molar-refractivity contribution in [3.8, 4) is 0 Å². The van der Waals surface area contributed by atoms with E-state index >= 15 is 0 Å². The average molecular weight is 376 g/mol. The molecule has 0 fully saturated rings. The molecule has 0 spiro atoms. The molecule has 0 aliphatic carbocycles. The van der Waals surface area contributed by atoms with E-state index in [4.69, 9.17) is 0 Å². The van der Waals surface area contributed by atoms with Crippen molar-refractivity contribution in [1.82, 2.24) is 9.66 Å². The summed E-state index contributed by atoms with van der Waals surface area (Å²) in [5.41, 5.74) is 3.64. The van der Waals surface area contributed by atoms with E-state index in [-0.39, 0.29) is 11.5 Å². The van der Waals surface area contributed by atoms with Gasteiger partial charge in [0.15, 0.2) is 0 Å². The largest absolute Gasteiger partial charge is 0.280 e. The number of carbonyl (C=O) groups is 1. The fourth-order valence-electron chi connectivity index (χ4n) is 2.71. The number of hydrogen-bond acceptors (Lipinski definition) is 5. The highest BCUT2D eigenvalue weighted by atomic mass is 32.1. The Hall–Kier alpha value is -1.99. The quantitative estimate of drug-likeness (QED) is 0.709. The second-order valence-corrected chi connectivity index (χ2v) is 8.06. The van der Waals surface area contributed by atoms with Gasteiger partial charge in [0.05, 0.1) is 10.3 Å². The van der Waals surface area contributed by atoms with Gasteiger partial charge in [0.25, 0.3) is 11.5 Å². The van der Waals surface area contributed by atoms with E-state index in [1.165, 1.54) is 44.1 Å². The van der Waals surface area contributed by atoms with Crippen LogP contribution in [0.3, 0.4) is 0 Å². The van der Waals surface area contributed by atoms with Crippen molar-refractivity contribution in [3.63, 3.8) is 0 Å². The molecular formula is C18H21N3O2S2. The molecule has 0 saturated heterocycles. The number of thiophene rings is 2. The Morgan fingerprint density at radius 2 is 2.00 bits per heavy atom. The molecule has 1 N–H and O–H groups in total. The molecule has 0 atom stereocenters. The molecule has 0 unspecified atom stereocenters. The minimum absolute atomic E-state index is 0.240. The molecule has 3 rings (SSSR count). The summed E-state index contributed by atoms with van der Waals surface area (Å²) in [5, 5.41) is 0.553. The lowest BCUT2D eigenvalue weighted by molar-refractivity contribution is 0.101. The zero-order valence-corrected chi connectivity index (χ0v) is 16.2. The normalized spacial score (nSPS) is 11.2. The van der Waals surface area contributed by atoms with Gasteiger partial charge in [-0.1, -0.05) is 27.2 Å². The van der Waals surface area contributed by atoms with Gasteiger partial charge in [0.1, 0.15) is 11.2 Å². The zero-order chi connectivity index (χ0) is 18.0. The van der Waals surface area contributed by atoms with E-state index in [1.807, 2.05) is 19.1 Å². The summed E-state index contributed by atoms with van der Waals surface area (Å²) >= 11 is 3.02. The fraction of sp³-hybridized carbons (Fsp3) is 0.389. The highest BCUT2D eigenvalue weighted by Gasteiger charge is 2.15. The van der Waals surface area contributed by atoms with E-state index in [0.717, 1.165) is 30.6 Å². The van der Waals surface area contributed by atoms with Crippen molar-refractivity contribution >= 4 is 38.8 Å². The number of amides is 1. The van der Waals surface area contributed by atoms with Gasteiger partial charge in [0, 0.05) is 9.75 Å². The molecule has 7 heteroatoms. The van der Waals surface area contributed by atoms with E-state index in [2.05, 4.69) is 24.3 Å². The SMILES string of the molecule is CCCc1sc(C(=O)Nn2cnc3sc(CC)cc3c2=O)cc1CC. The first kappa shape index (κ1) is 17.8. The molecule has 0 radical (unpaired) electrons. The minimum Gasteiger partial charge on any atom is -0.267 e. The number of nitrogens with one attached hydrogen (secondary N) is 1. The maximum atomic E-state index is 12.6. The van der Waals surface area contributed by atoms with Gasteiger partial charge in [-0.25, -0.2) is 9.66 Å². The molecule has 132 valence electrons. The number of aryl methyl sites for hydroxylation is 3. The van der Waals surface area contributed by atoms with Crippen molar-refractivity contribution in [2.75, 3.05) is 5.43 Å². The van der Waals surface area contributed by atoms with Crippen molar-refractivity contribution in [2.24, 2.45) is 0 Å². The molecule has 5 nitrogen and oxygen atoms in total. The summed E-state index contributed by atoms with van der Waals surface area (Å²) in [7, 11) is 0. The predicted octanol–water partition coefficient (Wildman–Crippen LogP) is 3.98. The Morgan fingerprint density at radius 3 is 2.68 bits per heavy atom. The molecule has 3 heterocycles. The van der Waals surface area contributed by atoms with Crippen LogP contribution in [-0.4, -0.2) is 15.6 Å². The van der Waals surface area contributed by atoms with Crippen molar-refractivity contribution in [2.45, 2.75) is 46.5 Å². The third-order valence-corrected chi connectivity index (χ3v) is 6.48. The molecule has 3 aromatic heterocycles. The molecule has 1 amide bonds.